The summed E-state index contributed by atoms with van der Waals surface area (Å²) in [5.41, 5.74) is -0.0474. The van der Waals surface area contributed by atoms with E-state index in [0.29, 0.717) is 23.7 Å². The summed E-state index contributed by atoms with van der Waals surface area (Å²) in [5.74, 6) is -1.02. The number of aliphatic carboxylic acids is 1. The topological polar surface area (TPSA) is 128 Å². The lowest BCUT2D eigenvalue weighted by Crippen LogP contribution is -2.30. The number of rotatable bonds is 9. The van der Waals surface area contributed by atoms with E-state index in [2.05, 4.69) is 5.32 Å². The van der Waals surface area contributed by atoms with Crippen LogP contribution in [0.4, 0.5) is 5.69 Å². The molecule has 2 aromatic carbocycles. The maximum atomic E-state index is 12.6. The summed E-state index contributed by atoms with van der Waals surface area (Å²) in [7, 11) is 1.44. The van der Waals surface area contributed by atoms with E-state index in [1.165, 1.54) is 31.4 Å². The second-order valence-corrected chi connectivity index (χ2v) is 5.74. The Labute approximate surface area is 161 Å². The lowest BCUT2D eigenvalue weighted by molar-refractivity contribution is -0.385. The molecule has 1 amide bonds. The van der Waals surface area contributed by atoms with Gasteiger partial charge in [-0.05, 0) is 30.7 Å². The quantitative estimate of drug-likeness (QED) is 0.499. The molecular weight excluding hydrogens is 368 g/mol. The molecule has 2 N–H and O–H groups in total. The molecule has 0 radical (unpaired) electrons. The summed E-state index contributed by atoms with van der Waals surface area (Å²) in [5, 5.41) is 22.9. The molecule has 28 heavy (non-hydrogen) atoms. The summed E-state index contributed by atoms with van der Waals surface area (Å²) in [6.45, 7) is 2.23. The predicted octanol–water partition coefficient (Wildman–Crippen LogP) is 2.95. The molecule has 0 saturated heterocycles. The molecule has 0 aliphatic heterocycles. The Kier molecular flexibility index (Phi) is 6.91. The monoisotopic (exact) mass is 388 g/mol. The average molecular weight is 388 g/mol. The Bertz CT molecular complexity index is 882. The van der Waals surface area contributed by atoms with Crippen molar-refractivity contribution in [2.75, 3.05) is 13.7 Å². The molecule has 0 aliphatic rings. The maximum Gasteiger partial charge on any atom is 0.305 e. The molecule has 9 heteroatoms. The molecule has 0 heterocycles. The summed E-state index contributed by atoms with van der Waals surface area (Å²) >= 11 is 0. The third-order valence-electron chi connectivity index (χ3n) is 3.92. The van der Waals surface area contributed by atoms with Gasteiger partial charge in [-0.1, -0.05) is 18.2 Å². The lowest BCUT2D eigenvalue weighted by atomic mass is 10.0. The van der Waals surface area contributed by atoms with Crippen LogP contribution >= 0.6 is 0 Å². The van der Waals surface area contributed by atoms with Crippen molar-refractivity contribution in [2.24, 2.45) is 0 Å². The number of benzene rings is 2. The van der Waals surface area contributed by atoms with Crippen LogP contribution in [0.2, 0.25) is 0 Å². The number of carbonyl (C=O) groups is 2. The number of para-hydroxylation sites is 1. The first-order valence-electron chi connectivity index (χ1n) is 8.44. The number of nitro groups is 1. The van der Waals surface area contributed by atoms with Gasteiger partial charge in [0, 0.05) is 6.07 Å². The number of ether oxygens (including phenoxy) is 2. The molecule has 0 aromatic heterocycles. The second kappa shape index (κ2) is 9.36. The zero-order valence-electron chi connectivity index (χ0n) is 15.4. The summed E-state index contributed by atoms with van der Waals surface area (Å²) < 4.78 is 10.7. The van der Waals surface area contributed by atoms with Crippen molar-refractivity contribution in [3.63, 3.8) is 0 Å². The highest BCUT2D eigenvalue weighted by molar-refractivity contribution is 5.98. The summed E-state index contributed by atoms with van der Waals surface area (Å²) in [4.78, 5) is 34.4. The van der Waals surface area contributed by atoms with Crippen LogP contribution in [-0.2, 0) is 4.79 Å². The van der Waals surface area contributed by atoms with E-state index in [-0.39, 0.29) is 11.3 Å². The van der Waals surface area contributed by atoms with Crippen LogP contribution in [-0.4, -0.2) is 35.6 Å². The average Bonchev–Trinajstić information content (AvgIpc) is 2.67. The van der Waals surface area contributed by atoms with Crippen molar-refractivity contribution >= 4 is 17.6 Å². The van der Waals surface area contributed by atoms with Gasteiger partial charge in [-0.2, -0.15) is 0 Å². The molecule has 2 rings (SSSR count). The third kappa shape index (κ3) is 4.97. The zero-order valence-corrected chi connectivity index (χ0v) is 15.4. The van der Waals surface area contributed by atoms with Gasteiger partial charge in [0.1, 0.15) is 5.56 Å². The van der Waals surface area contributed by atoms with Crippen molar-refractivity contribution in [1.82, 2.24) is 5.32 Å². The molecule has 0 spiro atoms. The first-order valence-corrected chi connectivity index (χ1v) is 8.44. The molecular formula is C19H20N2O7. The van der Waals surface area contributed by atoms with Gasteiger partial charge < -0.3 is 19.9 Å². The molecule has 0 saturated carbocycles. The van der Waals surface area contributed by atoms with E-state index in [0.717, 1.165) is 0 Å². The minimum Gasteiger partial charge on any atom is -0.493 e. The Hall–Kier alpha value is -3.62. The number of hydrogen-bond donors (Lipinski definition) is 2. The Morgan fingerprint density at radius 2 is 1.93 bits per heavy atom. The highest BCUT2D eigenvalue weighted by Crippen LogP contribution is 2.31. The fourth-order valence-corrected chi connectivity index (χ4v) is 2.66. The molecule has 0 fully saturated rings. The van der Waals surface area contributed by atoms with Crippen LogP contribution in [0, 0.1) is 10.1 Å². The largest absolute Gasteiger partial charge is 0.493 e. The second-order valence-electron chi connectivity index (χ2n) is 5.74. The fourth-order valence-electron chi connectivity index (χ4n) is 2.66. The maximum absolute atomic E-state index is 12.6. The summed E-state index contributed by atoms with van der Waals surface area (Å²) in [6.07, 6.45) is -0.413. The van der Waals surface area contributed by atoms with E-state index in [1.807, 2.05) is 6.92 Å². The number of nitrogens with one attached hydrogen (secondary N) is 1. The normalized spacial score (nSPS) is 11.4. The van der Waals surface area contributed by atoms with Gasteiger partial charge in [-0.25, -0.2) is 0 Å². The predicted molar refractivity (Wildman–Crippen MR) is 99.7 cm³/mol. The number of methoxy groups -OCH3 is 1. The van der Waals surface area contributed by atoms with Crippen LogP contribution in [0.3, 0.4) is 0 Å². The minimum absolute atomic E-state index is 0.152. The molecule has 0 unspecified atom stereocenters. The van der Waals surface area contributed by atoms with Gasteiger partial charge in [0.05, 0.1) is 31.1 Å². The van der Waals surface area contributed by atoms with Crippen molar-refractivity contribution in [3.05, 3.63) is 63.7 Å². The van der Waals surface area contributed by atoms with Crippen molar-refractivity contribution in [2.45, 2.75) is 19.4 Å². The minimum atomic E-state index is -1.14. The van der Waals surface area contributed by atoms with E-state index < -0.39 is 29.3 Å². The first kappa shape index (κ1) is 20.7. The zero-order chi connectivity index (χ0) is 20.7. The number of amides is 1. The first-order chi connectivity index (χ1) is 13.4. The number of hydrogen-bond acceptors (Lipinski definition) is 6. The van der Waals surface area contributed by atoms with Gasteiger partial charge in [0.2, 0.25) is 0 Å². The fraction of sp³-hybridized carbons (Fsp3) is 0.263. The van der Waals surface area contributed by atoms with Gasteiger partial charge >= 0.3 is 5.97 Å². The number of carboxylic acid groups (broad SMARTS) is 1. The number of carbonyl (C=O) groups excluding carboxylic acids is 1. The molecule has 9 nitrogen and oxygen atoms in total. The SMILES string of the molecule is CCOc1ccc([C@H](CC(=O)O)NC(=O)c2ccccc2[N+](=O)[O-])cc1OC. The van der Waals surface area contributed by atoms with Crippen LogP contribution in [0.25, 0.3) is 0 Å². The molecule has 0 aliphatic carbocycles. The molecule has 2 aromatic rings. The molecule has 0 bridgehead atoms. The van der Waals surface area contributed by atoms with Crippen molar-refractivity contribution in [1.29, 1.82) is 0 Å². The van der Waals surface area contributed by atoms with Gasteiger partial charge in [-0.3, -0.25) is 19.7 Å². The van der Waals surface area contributed by atoms with Crippen LogP contribution < -0.4 is 14.8 Å². The third-order valence-corrected chi connectivity index (χ3v) is 3.92. The Balaban J connectivity index is 2.36. The number of nitro benzene ring substituents is 1. The van der Waals surface area contributed by atoms with Crippen molar-refractivity contribution < 1.29 is 29.1 Å². The van der Waals surface area contributed by atoms with E-state index in [9.17, 15) is 24.8 Å². The standard InChI is InChI=1S/C19H20N2O7/c1-3-28-16-9-8-12(10-17(16)27-2)14(11-18(22)23)20-19(24)13-6-4-5-7-15(13)21(25)26/h4-10,14H,3,11H2,1-2H3,(H,20,24)(H,22,23)/t14-/m0/s1. The highest BCUT2D eigenvalue weighted by atomic mass is 16.6. The van der Waals surface area contributed by atoms with E-state index >= 15 is 0 Å². The Morgan fingerprint density at radius 1 is 1.21 bits per heavy atom. The van der Waals surface area contributed by atoms with Gasteiger partial charge in [0.15, 0.2) is 11.5 Å². The van der Waals surface area contributed by atoms with E-state index in [4.69, 9.17) is 9.47 Å². The molecule has 1 atom stereocenters. The number of carboxylic acids is 1. The van der Waals surface area contributed by atoms with E-state index in [1.54, 1.807) is 18.2 Å². The van der Waals surface area contributed by atoms with Crippen LogP contribution in [0.15, 0.2) is 42.5 Å². The van der Waals surface area contributed by atoms with Gasteiger partial charge in [0.25, 0.3) is 11.6 Å². The van der Waals surface area contributed by atoms with Crippen LogP contribution in [0.5, 0.6) is 11.5 Å². The smallest absolute Gasteiger partial charge is 0.305 e. The van der Waals surface area contributed by atoms with Crippen LogP contribution in [0.1, 0.15) is 35.3 Å². The highest BCUT2D eigenvalue weighted by Gasteiger charge is 2.24. The van der Waals surface area contributed by atoms with Gasteiger partial charge in [-0.15, -0.1) is 0 Å². The molecule has 148 valence electrons. The lowest BCUT2D eigenvalue weighted by Gasteiger charge is -2.19. The summed E-state index contributed by atoms with van der Waals surface area (Å²) in [6, 6.07) is 9.33. The Morgan fingerprint density at radius 3 is 2.54 bits per heavy atom. The van der Waals surface area contributed by atoms with Crippen molar-refractivity contribution in [3.8, 4) is 11.5 Å². The number of nitrogens with zero attached hydrogens (tertiary/aromatic N) is 1.